The number of aliphatic hydroxyl groups is 1. The predicted molar refractivity (Wildman–Crippen MR) is 65.6 cm³/mol. The Morgan fingerprint density at radius 2 is 1.47 bits per heavy atom. The molecule has 0 aromatic heterocycles. The number of hydrogen-bond donors (Lipinski definition) is 2. The Labute approximate surface area is 102 Å². The first kappa shape index (κ1) is 13.6. The third-order valence-corrected chi connectivity index (χ3v) is 2.64. The van der Waals surface area contributed by atoms with E-state index in [-0.39, 0.29) is 11.2 Å². The molecule has 0 heterocycles. The van der Waals surface area contributed by atoms with Gasteiger partial charge in [0.15, 0.2) is 11.5 Å². The normalized spacial score (nSPS) is 13.3. The monoisotopic (exact) mass is 240 g/mol. The smallest absolute Gasteiger partial charge is 0.200 e. The van der Waals surface area contributed by atoms with Crippen LogP contribution in [0.2, 0.25) is 0 Å². The van der Waals surface area contributed by atoms with Gasteiger partial charge in [-0.05, 0) is 23.1 Å². The third kappa shape index (κ3) is 2.82. The standard InChI is InChI=1S/C13H20O4/c1-13(2,3)12(15)8-6-9(16-4)11(14)10(7-8)17-5/h6-7,12,14-15H,1-5H3. The van der Waals surface area contributed by atoms with Gasteiger partial charge in [-0.25, -0.2) is 0 Å². The van der Waals surface area contributed by atoms with Crippen molar-refractivity contribution < 1.29 is 19.7 Å². The molecule has 4 heteroatoms. The van der Waals surface area contributed by atoms with Crippen molar-refractivity contribution in [1.82, 2.24) is 0 Å². The first-order chi connectivity index (χ1) is 7.81. The quantitative estimate of drug-likeness (QED) is 0.852. The molecule has 2 N–H and O–H groups in total. The zero-order valence-corrected chi connectivity index (χ0v) is 10.9. The topological polar surface area (TPSA) is 58.9 Å². The summed E-state index contributed by atoms with van der Waals surface area (Å²) in [5, 5.41) is 20.0. The average molecular weight is 240 g/mol. The molecule has 0 bridgehead atoms. The van der Waals surface area contributed by atoms with Crippen LogP contribution in [0, 0.1) is 5.41 Å². The maximum atomic E-state index is 10.2. The molecule has 1 atom stereocenters. The van der Waals surface area contributed by atoms with Crippen molar-refractivity contribution in [2.24, 2.45) is 5.41 Å². The largest absolute Gasteiger partial charge is 0.502 e. The molecule has 4 nitrogen and oxygen atoms in total. The molecule has 96 valence electrons. The highest BCUT2D eigenvalue weighted by molar-refractivity contribution is 5.53. The third-order valence-electron chi connectivity index (χ3n) is 2.64. The van der Waals surface area contributed by atoms with E-state index >= 15 is 0 Å². The summed E-state index contributed by atoms with van der Waals surface area (Å²) in [4.78, 5) is 0. The van der Waals surface area contributed by atoms with Gasteiger partial charge in [0.25, 0.3) is 0 Å². The highest BCUT2D eigenvalue weighted by Gasteiger charge is 2.26. The average Bonchev–Trinajstić information content (AvgIpc) is 2.27. The van der Waals surface area contributed by atoms with Gasteiger partial charge in [0, 0.05) is 0 Å². The lowest BCUT2D eigenvalue weighted by molar-refractivity contribution is 0.0622. The van der Waals surface area contributed by atoms with Crippen LogP contribution >= 0.6 is 0 Å². The van der Waals surface area contributed by atoms with E-state index in [1.54, 1.807) is 12.1 Å². The number of methoxy groups -OCH3 is 2. The summed E-state index contributed by atoms with van der Waals surface area (Å²) in [6.07, 6.45) is -0.661. The lowest BCUT2D eigenvalue weighted by Crippen LogP contribution is -2.17. The van der Waals surface area contributed by atoms with E-state index in [0.717, 1.165) is 0 Å². The van der Waals surface area contributed by atoms with Crippen molar-refractivity contribution in [1.29, 1.82) is 0 Å². The van der Waals surface area contributed by atoms with E-state index in [1.165, 1.54) is 14.2 Å². The maximum Gasteiger partial charge on any atom is 0.200 e. The second-order valence-corrected chi connectivity index (χ2v) is 5.04. The zero-order chi connectivity index (χ0) is 13.2. The van der Waals surface area contributed by atoms with Crippen LogP contribution in [-0.4, -0.2) is 24.4 Å². The Balaban J connectivity index is 3.27. The molecule has 1 aromatic rings. The summed E-state index contributed by atoms with van der Waals surface area (Å²) < 4.78 is 10.1. The van der Waals surface area contributed by atoms with E-state index in [2.05, 4.69) is 0 Å². The summed E-state index contributed by atoms with van der Waals surface area (Å²) >= 11 is 0. The molecule has 1 rings (SSSR count). The fourth-order valence-electron chi connectivity index (χ4n) is 1.57. The highest BCUT2D eigenvalue weighted by atomic mass is 16.5. The molecule has 0 radical (unpaired) electrons. The first-order valence-corrected chi connectivity index (χ1v) is 5.44. The number of phenolic OH excluding ortho intramolecular Hbond substituents is 1. The van der Waals surface area contributed by atoms with Crippen molar-refractivity contribution in [2.75, 3.05) is 14.2 Å². The number of rotatable bonds is 3. The molecule has 0 aliphatic carbocycles. The maximum absolute atomic E-state index is 10.2. The summed E-state index contributed by atoms with van der Waals surface area (Å²) in [7, 11) is 2.92. The van der Waals surface area contributed by atoms with E-state index in [9.17, 15) is 10.2 Å². The van der Waals surface area contributed by atoms with Crippen LogP contribution in [0.4, 0.5) is 0 Å². The Morgan fingerprint density at radius 1 is 1.06 bits per heavy atom. The van der Waals surface area contributed by atoms with Gasteiger partial charge in [0.1, 0.15) is 0 Å². The first-order valence-electron chi connectivity index (χ1n) is 5.44. The minimum absolute atomic E-state index is 0.0557. The molecule has 0 aliphatic rings. The van der Waals surface area contributed by atoms with Gasteiger partial charge in [-0.2, -0.15) is 0 Å². The number of hydrogen-bond acceptors (Lipinski definition) is 4. The molecular weight excluding hydrogens is 220 g/mol. The molecule has 0 spiro atoms. The van der Waals surface area contributed by atoms with Crippen molar-refractivity contribution in [3.8, 4) is 17.2 Å². The Hall–Kier alpha value is -1.42. The van der Waals surface area contributed by atoms with Gasteiger partial charge >= 0.3 is 0 Å². The Bertz CT molecular complexity index is 368. The fourth-order valence-corrected chi connectivity index (χ4v) is 1.57. The van der Waals surface area contributed by atoms with Crippen molar-refractivity contribution in [3.63, 3.8) is 0 Å². The van der Waals surface area contributed by atoms with Crippen LogP contribution in [0.5, 0.6) is 17.2 Å². The van der Waals surface area contributed by atoms with Crippen LogP contribution in [-0.2, 0) is 0 Å². The summed E-state index contributed by atoms with van der Waals surface area (Å²) in [6.45, 7) is 5.80. The molecule has 0 saturated carbocycles. The number of ether oxygens (including phenoxy) is 2. The number of phenols is 1. The number of aromatic hydroxyl groups is 1. The molecule has 0 saturated heterocycles. The Kier molecular flexibility index (Phi) is 3.88. The van der Waals surface area contributed by atoms with Crippen molar-refractivity contribution in [3.05, 3.63) is 17.7 Å². The van der Waals surface area contributed by atoms with Crippen LogP contribution in [0.1, 0.15) is 32.4 Å². The number of benzene rings is 1. The molecular formula is C13H20O4. The van der Waals surface area contributed by atoms with Gasteiger partial charge in [0.05, 0.1) is 20.3 Å². The van der Waals surface area contributed by atoms with Crippen LogP contribution in [0.25, 0.3) is 0 Å². The lowest BCUT2D eigenvalue weighted by Gasteiger charge is -2.27. The van der Waals surface area contributed by atoms with Crippen molar-refractivity contribution in [2.45, 2.75) is 26.9 Å². The molecule has 0 aliphatic heterocycles. The van der Waals surface area contributed by atoms with Crippen LogP contribution in [0.15, 0.2) is 12.1 Å². The van der Waals surface area contributed by atoms with Gasteiger partial charge < -0.3 is 19.7 Å². The molecule has 0 amide bonds. The van der Waals surface area contributed by atoms with Gasteiger partial charge in [-0.1, -0.05) is 20.8 Å². The van der Waals surface area contributed by atoms with Gasteiger partial charge in [0.2, 0.25) is 5.75 Å². The number of aliphatic hydroxyl groups excluding tert-OH is 1. The highest BCUT2D eigenvalue weighted by Crippen LogP contribution is 2.42. The lowest BCUT2D eigenvalue weighted by atomic mass is 9.84. The zero-order valence-electron chi connectivity index (χ0n) is 10.9. The molecule has 1 aromatic carbocycles. The van der Waals surface area contributed by atoms with Crippen molar-refractivity contribution >= 4 is 0 Å². The summed E-state index contributed by atoms with van der Waals surface area (Å²) in [5.74, 6) is 0.533. The molecule has 17 heavy (non-hydrogen) atoms. The molecule has 0 fully saturated rings. The second-order valence-electron chi connectivity index (χ2n) is 5.04. The Morgan fingerprint density at radius 3 is 1.76 bits per heavy atom. The summed E-state index contributed by atoms with van der Waals surface area (Å²) in [5.41, 5.74) is 0.358. The summed E-state index contributed by atoms with van der Waals surface area (Å²) in [6, 6.07) is 3.24. The van der Waals surface area contributed by atoms with Gasteiger partial charge in [-0.15, -0.1) is 0 Å². The predicted octanol–water partition coefficient (Wildman–Crippen LogP) is 2.49. The SMILES string of the molecule is COc1cc(C(O)C(C)(C)C)cc(OC)c1O. The van der Waals surface area contributed by atoms with Gasteiger partial charge in [-0.3, -0.25) is 0 Å². The second kappa shape index (κ2) is 4.84. The fraction of sp³-hybridized carbons (Fsp3) is 0.538. The minimum atomic E-state index is -0.661. The van der Waals surface area contributed by atoms with Crippen LogP contribution < -0.4 is 9.47 Å². The minimum Gasteiger partial charge on any atom is -0.502 e. The van der Waals surface area contributed by atoms with Crippen LogP contribution in [0.3, 0.4) is 0 Å². The van der Waals surface area contributed by atoms with E-state index < -0.39 is 6.10 Å². The molecule has 1 unspecified atom stereocenters. The van der Waals surface area contributed by atoms with E-state index in [1.807, 2.05) is 20.8 Å². The van der Waals surface area contributed by atoms with E-state index in [0.29, 0.717) is 17.1 Å². The van der Waals surface area contributed by atoms with E-state index in [4.69, 9.17) is 9.47 Å².